The van der Waals surface area contributed by atoms with Gasteiger partial charge >= 0.3 is 0 Å². The first-order valence-electron chi connectivity index (χ1n) is 4.86. The molecule has 0 saturated carbocycles. The average Bonchev–Trinajstić information content (AvgIpc) is 2.58. The normalized spacial score (nSPS) is 12.5. The second-order valence-electron chi connectivity index (χ2n) is 3.43. The third kappa shape index (κ3) is 3.93. The fourth-order valence-corrected chi connectivity index (χ4v) is 1.69. The molecule has 6 heteroatoms. The number of rotatable bonds is 5. The third-order valence-electron chi connectivity index (χ3n) is 1.94. The highest BCUT2D eigenvalue weighted by Crippen LogP contribution is 2.08. The number of carbonyl (C=O) groups is 1. The van der Waals surface area contributed by atoms with E-state index in [0.717, 1.165) is 18.0 Å². The number of nitrogens with one attached hydrogen (secondary N) is 1. The summed E-state index contributed by atoms with van der Waals surface area (Å²) in [4.78, 5) is 12.1. The van der Waals surface area contributed by atoms with E-state index in [0.29, 0.717) is 23.5 Å². The summed E-state index contributed by atoms with van der Waals surface area (Å²) in [6.45, 7) is 4.06. The summed E-state index contributed by atoms with van der Waals surface area (Å²) in [7, 11) is 0. The smallest absolute Gasteiger partial charge is 0.264 e. The van der Waals surface area contributed by atoms with Crippen LogP contribution in [0.4, 0.5) is 0 Å². The first-order chi connectivity index (χ1) is 7.11. The van der Waals surface area contributed by atoms with Gasteiger partial charge < -0.3 is 10.4 Å². The number of hydrogen-bond acceptors (Lipinski definition) is 5. The van der Waals surface area contributed by atoms with Crippen LogP contribution in [0.5, 0.6) is 0 Å². The number of aliphatic hydroxyl groups excluding tert-OH is 1. The molecule has 0 radical (unpaired) electrons. The van der Waals surface area contributed by atoms with Gasteiger partial charge in [-0.15, -0.1) is 5.10 Å². The fourth-order valence-electron chi connectivity index (χ4n) is 1.12. The predicted octanol–water partition coefficient (Wildman–Crippen LogP) is 0.737. The molecule has 5 nitrogen and oxygen atoms in total. The summed E-state index contributed by atoms with van der Waals surface area (Å²) >= 11 is 1.10. The van der Waals surface area contributed by atoms with E-state index in [1.165, 1.54) is 0 Å². The van der Waals surface area contributed by atoms with Crippen LogP contribution in [-0.4, -0.2) is 33.2 Å². The van der Waals surface area contributed by atoms with E-state index < -0.39 is 0 Å². The van der Waals surface area contributed by atoms with Crippen molar-refractivity contribution >= 4 is 17.4 Å². The van der Waals surface area contributed by atoms with Crippen LogP contribution in [0.2, 0.25) is 0 Å². The number of carbonyl (C=O) groups excluding carboxylic acids is 1. The van der Waals surface area contributed by atoms with Crippen molar-refractivity contribution in [2.75, 3.05) is 6.54 Å². The third-order valence-corrected chi connectivity index (χ3v) is 2.77. The molecule has 0 fully saturated rings. The van der Waals surface area contributed by atoms with Crippen molar-refractivity contribution in [3.63, 3.8) is 0 Å². The Bertz CT molecular complexity index is 325. The van der Waals surface area contributed by atoms with Gasteiger partial charge in [0.25, 0.3) is 5.91 Å². The molecule has 1 unspecified atom stereocenters. The standard InChI is InChI=1S/C9H15N3O2S/c1-6(13)4-3-5-10-9(14)8-7(2)11-12-15-8/h6,13H,3-5H2,1-2H3,(H,10,14). The van der Waals surface area contributed by atoms with E-state index in [2.05, 4.69) is 14.9 Å². The molecular formula is C9H15N3O2S. The predicted molar refractivity (Wildman–Crippen MR) is 57.9 cm³/mol. The van der Waals surface area contributed by atoms with Crippen LogP contribution in [0.25, 0.3) is 0 Å². The van der Waals surface area contributed by atoms with Crippen LogP contribution >= 0.6 is 11.5 Å². The lowest BCUT2D eigenvalue weighted by Gasteiger charge is -2.05. The van der Waals surface area contributed by atoms with E-state index in [4.69, 9.17) is 5.11 Å². The molecule has 1 aromatic rings. The van der Waals surface area contributed by atoms with Crippen LogP contribution in [0.15, 0.2) is 0 Å². The van der Waals surface area contributed by atoms with Gasteiger partial charge in [-0.1, -0.05) is 4.49 Å². The van der Waals surface area contributed by atoms with Crippen LogP contribution in [0, 0.1) is 6.92 Å². The molecule has 0 aliphatic rings. The maximum atomic E-state index is 11.5. The molecule has 1 aromatic heterocycles. The number of amides is 1. The van der Waals surface area contributed by atoms with Gasteiger partial charge in [0.2, 0.25) is 0 Å². The molecule has 1 rings (SSSR count). The lowest BCUT2D eigenvalue weighted by Crippen LogP contribution is -2.24. The summed E-state index contributed by atoms with van der Waals surface area (Å²) in [5, 5.41) is 15.5. The molecule has 0 aliphatic heterocycles. The van der Waals surface area contributed by atoms with E-state index >= 15 is 0 Å². The Kier molecular flexibility index (Phi) is 4.64. The Morgan fingerprint density at radius 3 is 2.93 bits per heavy atom. The van der Waals surface area contributed by atoms with Crippen molar-refractivity contribution in [3.8, 4) is 0 Å². The average molecular weight is 229 g/mol. The van der Waals surface area contributed by atoms with E-state index in [-0.39, 0.29) is 12.0 Å². The molecule has 0 saturated heterocycles. The maximum Gasteiger partial charge on any atom is 0.264 e. The topological polar surface area (TPSA) is 75.1 Å². The second-order valence-corrected chi connectivity index (χ2v) is 4.19. The molecule has 84 valence electrons. The minimum absolute atomic E-state index is 0.131. The largest absolute Gasteiger partial charge is 0.393 e. The molecule has 1 heterocycles. The first-order valence-corrected chi connectivity index (χ1v) is 5.64. The van der Waals surface area contributed by atoms with Gasteiger partial charge in [-0.25, -0.2) is 0 Å². The highest BCUT2D eigenvalue weighted by molar-refractivity contribution is 7.07. The molecule has 0 aromatic carbocycles. The molecule has 15 heavy (non-hydrogen) atoms. The van der Waals surface area contributed by atoms with Gasteiger partial charge in [-0.05, 0) is 38.2 Å². The molecule has 0 aliphatic carbocycles. The summed E-state index contributed by atoms with van der Waals surface area (Å²) < 4.78 is 3.69. The van der Waals surface area contributed by atoms with Crippen LogP contribution in [-0.2, 0) is 0 Å². The lowest BCUT2D eigenvalue weighted by atomic mass is 10.2. The number of nitrogens with zero attached hydrogens (tertiary/aromatic N) is 2. The SMILES string of the molecule is Cc1nnsc1C(=O)NCCCC(C)O. The zero-order chi connectivity index (χ0) is 11.3. The molecule has 2 N–H and O–H groups in total. The van der Waals surface area contributed by atoms with Gasteiger partial charge in [-0.3, -0.25) is 4.79 Å². The monoisotopic (exact) mass is 229 g/mol. The Labute approximate surface area is 92.7 Å². The Hall–Kier alpha value is -1.01. The van der Waals surface area contributed by atoms with Gasteiger partial charge in [0.15, 0.2) is 0 Å². The minimum Gasteiger partial charge on any atom is -0.393 e. The minimum atomic E-state index is -0.311. The zero-order valence-electron chi connectivity index (χ0n) is 8.86. The number of aryl methyl sites for hydroxylation is 1. The van der Waals surface area contributed by atoms with E-state index in [9.17, 15) is 4.79 Å². The van der Waals surface area contributed by atoms with Crippen molar-refractivity contribution in [3.05, 3.63) is 10.6 Å². The quantitative estimate of drug-likeness (QED) is 0.730. The number of aliphatic hydroxyl groups is 1. The van der Waals surface area contributed by atoms with Gasteiger partial charge in [0.05, 0.1) is 11.8 Å². The van der Waals surface area contributed by atoms with Crippen molar-refractivity contribution in [1.29, 1.82) is 0 Å². The van der Waals surface area contributed by atoms with Crippen molar-refractivity contribution < 1.29 is 9.90 Å². The number of aromatic nitrogens is 2. The van der Waals surface area contributed by atoms with Crippen molar-refractivity contribution in [1.82, 2.24) is 14.9 Å². The summed E-state index contributed by atoms with van der Waals surface area (Å²) in [5.74, 6) is -0.131. The Morgan fingerprint density at radius 2 is 2.40 bits per heavy atom. The molecular weight excluding hydrogens is 214 g/mol. The molecule has 0 spiro atoms. The zero-order valence-corrected chi connectivity index (χ0v) is 9.67. The highest BCUT2D eigenvalue weighted by atomic mass is 32.1. The Balaban J connectivity index is 2.28. The summed E-state index contributed by atoms with van der Waals surface area (Å²) in [5.41, 5.74) is 0.660. The molecule has 0 bridgehead atoms. The second kappa shape index (κ2) is 5.77. The van der Waals surface area contributed by atoms with Gasteiger partial charge in [-0.2, -0.15) is 0 Å². The lowest BCUT2D eigenvalue weighted by molar-refractivity contribution is 0.0953. The fraction of sp³-hybridized carbons (Fsp3) is 0.667. The van der Waals surface area contributed by atoms with Crippen LogP contribution in [0.3, 0.4) is 0 Å². The number of hydrogen-bond donors (Lipinski definition) is 2. The van der Waals surface area contributed by atoms with Gasteiger partial charge in [0, 0.05) is 6.54 Å². The summed E-state index contributed by atoms with van der Waals surface area (Å²) in [6.07, 6.45) is 1.16. The highest BCUT2D eigenvalue weighted by Gasteiger charge is 2.11. The first kappa shape index (κ1) is 12.1. The molecule has 1 atom stereocenters. The van der Waals surface area contributed by atoms with Crippen molar-refractivity contribution in [2.24, 2.45) is 0 Å². The van der Waals surface area contributed by atoms with Crippen LogP contribution < -0.4 is 5.32 Å². The van der Waals surface area contributed by atoms with E-state index in [1.54, 1.807) is 13.8 Å². The van der Waals surface area contributed by atoms with Crippen molar-refractivity contribution in [2.45, 2.75) is 32.8 Å². The molecule has 1 amide bonds. The Morgan fingerprint density at radius 1 is 1.67 bits per heavy atom. The van der Waals surface area contributed by atoms with Crippen LogP contribution in [0.1, 0.15) is 35.1 Å². The summed E-state index contributed by atoms with van der Waals surface area (Å²) in [6, 6.07) is 0. The maximum absolute atomic E-state index is 11.5. The van der Waals surface area contributed by atoms with Gasteiger partial charge in [0.1, 0.15) is 4.88 Å². The van der Waals surface area contributed by atoms with E-state index in [1.807, 2.05) is 0 Å².